The molecule has 0 unspecified atom stereocenters. The van der Waals surface area contributed by atoms with Crippen LogP contribution in [0.4, 0.5) is 24.7 Å². The van der Waals surface area contributed by atoms with E-state index in [0.29, 0.717) is 0 Å². The average Bonchev–Trinajstić information content (AvgIpc) is 2.32. The predicted octanol–water partition coefficient (Wildman–Crippen LogP) is 2.68. The van der Waals surface area contributed by atoms with Crippen LogP contribution in [0, 0.1) is 0 Å². The first-order chi connectivity index (χ1) is 8.47. The Kier molecular flexibility index (Phi) is 3.28. The molecular formula is C9H5ClF3N5. The quantitative estimate of drug-likeness (QED) is 0.913. The maximum atomic E-state index is 12.2. The highest BCUT2D eigenvalue weighted by Gasteiger charge is 2.34. The Morgan fingerprint density at radius 2 is 1.61 bits per heavy atom. The summed E-state index contributed by atoms with van der Waals surface area (Å²) in [7, 11) is 0. The van der Waals surface area contributed by atoms with Crippen LogP contribution in [0.3, 0.4) is 0 Å². The fraction of sp³-hybridized carbons (Fsp3) is 0.111. The summed E-state index contributed by atoms with van der Waals surface area (Å²) in [6.07, 6.45) is 0.181. The summed E-state index contributed by atoms with van der Waals surface area (Å²) in [5.74, 6) is -0.999. The van der Waals surface area contributed by atoms with Crippen molar-refractivity contribution in [2.45, 2.75) is 6.18 Å². The van der Waals surface area contributed by atoms with Crippen LogP contribution in [-0.4, -0.2) is 19.9 Å². The molecule has 94 valence electrons. The molecule has 2 aromatic rings. The zero-order valence-corrected chi connectivity index (χ0v) is 9.37. The van der Waals surface area contributed by atoms with Crippen LogP contribution in [0.1, 0.15) is 5.82 Å². The Balaban J connectivity index is 2.19. The molecule has 0 spiro atoms. The molecule has 2 aromatic heterocycles. The van der Waals surface area contributed by atoms with Gasteiger partial charge in [-0.1, -0.05) is 11.6 Å². The third-order valence-electron chi connectivity index (χ3n) is 1.82. The minimum atomic E-state index is -4.57. The Hall–Kier alpha value is -1.96. The summed E-state index contributed by atoms with van der Waals surface area (Å²) in [6.45, 7) is 0. The predicted molar refractivity (Wildman–Crippen MR) is 57.4 cm³/mol. The lowest BCUT2D eigenvalue weighted by Gasteiger charge is -2.07. The molecule has 5 nitrogen and oxygen atoms in total. The van der Waals surface area contributed by atoms with Gasteiger partial charge < -0.3 is 5.32 Å². The van der Waals surface area contributed by atoms with Gasteiger partial charge in [0.2, 0.25) is 5.82 Å². The van der Waals surface area contributed by atoms with E-state index in [1.54, 1.807) is 0 Å². The standard InChI is InChI=1S/C9H5ClF3N5/c10-6-7(15-2-1-14-6)18-5-3-16-8(17-4-5)9(11,12)13/h1-4H,(H,15,18). The topological polar surface area (TPSA) is 63.6 Å². The molecule has 0 aliphatic rings. The summed E-state index contributed by atoms with van der Waals surface area (Å²) in [6, 6.07) is 0. The normalized spacial score (nSPS) is 11.3. The molecule has 9 heteroatoms. The van der Waals surface area contributed by atoms with Crippen molar-refractivity contribution in [3.63, 3.8) is 0 Å². The fourth-order valence-electron chi connectivity index (χ4n) is 1.08. The molecule has 0 bridgehead atoms. The SMILES string of the molecule is FC(F)(F)c1ncc(Nc2nccnc2Cl)cn1. The monoisotopic (exact) mass is 275 g/mol. The van der Waals surface area contributed by atoms with Crippen LogP contribution >= 0.6 is 11.6 Å². The van der Waals surface area contributed by atoms with Crippen molar-refractivity contribution in [1.29, 1.82) is 0 Å². The van der Waals surface area contributed by atoms with Gasteiger partial charge in [0.1, 0.15) is 0 Å². The van der Waals surface area contributed by atoms with Crippen LogP contribution in [0.25, 0.3) is 0 Å². The highest BCUT2D eigenvalue weighted by atomic mass is 35.5. The van der Waals surface area contributed by atoms with Gasteiger partial charge in [-0.2, -0.15) is 13.2 Å². The lowest BCUT2D eigenvalue weighted by Crippen LogP contribution is -2.10. The van der Waals surface area contributed by atoms with E-state index >= 15 is 0 Å². The van der Waals surface area contributed by atoms with Crippen molar-refractivity contribution in [1.82, 2.24) is 19.9 Å². The minimum Gasteiger partial charge on any atom is -0.335 e. The van der Waals surface area contributed by atoms with E-state index in [1.807, 2.05) is 0 Å². The zero-order chi connectivity index (χ0) is 13.2. The van der Waals surface area contributed by atoms with Gasteiger partial charge in [0.25, 0.3) is 0 Å². The Labute approximate surface area is 104 Å². The largest absolute Gasteiger partial charge is 0.451 e. The molecule has 2 rings (SSSR count). The number of nitrogens with zero attached hydrogens (tertiary/aromatic N) is 4. The lowest BCUT2D eigenvalue weighted by atomic mass is 10.4. The summed E-state index contributed by atoms with van der Waals surface area (Å²) in [5.41, 5.74) is 0.227. The molecule has 0 aromatic carbocycles. The summed E-state index contributed by atoms with van der Waals surface area (Å²) >= 11 is 5.72. The smallest absolute Gasteiger partial charge is 0.335 e. The molecule has 0 radical (unpaired) electrons. The van der Waals surface area contributed by atoms with Crippen LogP contribution in [0.15, 0.2) is 24.8 Å². The van der Waals surface area contributed by atoms with E-state index in [-0.39, 0.29) is 16.7 Å². The van der Waals surface area contributed by atoms with E-state index in [4.69, 9.17) is 11.6 Å². The highest BCUT2D eigenvalue weighted by molar-refractivity contribution is 6.31. The second kappa shape index (κ2) is 4.73. The molecule has 0 saturated heterocycles. The van der Waals surface area contributed by atoms with Crippen LogP contribution < -0.4 is 5.32 Å². The number of halogens is 4. The van der Waals surface area contributed by atoms with Crippen LogP contribution in [0.5, 0.6) is 0 Å². The minimum absolute atomic E-state index is 0.0948. The van der Waals surface area contributed by atoms with Crippen molar-refractivity contribution in [2.24, 2.45) is 0 Å². The number of anilines is 2. The Morgan fingerprint density at radius 1 is 1.00 bits per heavy atom. The molecule has 0 amide bonds. The van der Waals surface area contributed by atoms with Gasteiger partial charge >= 0.3 is 6.18 Å². The summed E-state index contributed by atoms with van der Waals surface area (Å²) in [5, 5.41) is 2.75. The van der Waals surface area contributed by atoms with E-state index in [1.165, 1.54) is 12.4 Å². The molecule has 0 aliphatic heterocycles. The zero-order valence-electron chi connectivity index (χ0n) is 8.61. The molecule has 0 aliphatic carbocycles. The maximum Gasteiger partial charge on any atom is 0.451 e. The van der Waals surface area contributed by atoms with Gasteiger partial charge in [0.05, 0.1) is 18.1 Å². The second-order valence-electron chi connectivity index (χ2n) is 3.11. The number of hydrogen-bond donors (Lipinski definition) is 1. The number of aromatic nitrogens is 4. The van der Waals surface area contributed by atoms with Crippen molar-refractivity contribution >= 4 is 23.1 Å². The Morgan fingerprint density at radius 3 is 2.17 bits per heavy atom. The summed E-state index contributed by atoms with van der Waals surface area (Å²) in [4.78, 5) is 14.0. The Bertz CT molecular complexity index is 543. The second-order valence-corrected chi connectivity index (χ2v) is 3.47. The molecule has 0 atom stereocenters. The average molecular weight is 276 g/mol. The van der Waals surface area contributed by atoms with Crippen LogP contribution in [0.2, 0.25) is 5.15 Å². The number of nitrogens with one attached hydrogen (secondary N) is 1. The van der Waals surface area contributed by atoms with Gasteiger partial charge in [0.15, 0.2) is 11.0 Å². The molecular weight excluding hydrogens is 271 g/mol. The lowest BCUT2D eigenvalue weighted by molar-refractivity contribution is -0.144. The third kappa shape index (κ3) is 2.83. The van der Waals surface area contributed by atoms with Crippen molar-refractivity contribution in [2.75, 3.05) is 5.32 Å². The van der Waals surface area contributed by atoms with E-state index in [0.717, 1.165) is 12.4 Å². The first-order valence-corrected chi connectivity index (χ1v) is 4.97. The van der Waals surface area contributed by atoms with Gasteiger partial charge in [-0.25, -0.2) is 19.9 Å². The van der Waals surface area contributed by atoms with Crippen LogP contribution in [-0.2, 0) is 6.18 Å². The molecule has 1 N–H and O–H groups in total. The molecule has 0 fully saturated rings. The number of hydrogen-bond acceptors (Lipinski definition) is 5. The van der Waals surface area contributed by atoms with Gasteiger partial charge in [-0.05, 0) is 0 Å². The van der Waals surface area contributed by atoms with Crippen molar-refractivity contribution < 1.29 is 13.2 Å². The number of alkyl halides is 3. The van der Waals surface area contributed by atoms with E-state index < -0.39 is 12.0 Å². The third-order valence-corrected chi connectivity index (χ3v) is 2.10. The van der Waals surface area contributed by atoms with Gasteiger partial charge in [0, 0.05) is 12.4 Å². The highest BCUT2D eigenvalue weighted by Crippen LogP contribution is 2.26. The maximum absolute atomic E-state index is 12.2. The van der Waals surface area contributed by atoms with Gasteiger partial charge in [-0.15, -0.1) is 0 Å². The van der Waals surface area contributed by atoms with Crippen molar-refractivity contribution in [3.8, 4) is 0 Å². The first-order valence-electron chi connectivity index (χ1n) is 4.59. The molecule has 2 heterocycles. The van der Waals surface area contributed by atoms with Crippen molar-refractivity contribution in [3.05, 3.63) is 35.8 Å². The molecule has 0 saturated carbocycles. The summed E-state index contributed by atoms with van der Waals surface area (Å²) < 4.78 is 36.7. The fourth-order valence-corrected chi connectivity index (χ4v) is 1.23. The van der Waals surface area contributed by atoms with E-state index in [9.17, 15) is 13.2 Å². The van der Waals surface area contributed by atoms with E-state index in [2.05, 4.69) is 25.3 Å². The number of rotatable bonds is 2. The molecule has 18 heavy (non-hydrogen) atoms. The first kappa shape index (κ1) is 12.5. The van der Waals surface area contributed by atoms with Gasteiger partial charge in [-0.3, -0.25) is 0 Å².